The summed E-state index contributed by atoms with van der Waals surface area (Å²) in [7, 11) is 3.27. The van der Waals surface area contributed by atoms with Gasteiger partial charge in [0.25, 0.3) is 0 Å². The first-order chi connectivity index (χ1) is 10.1. The van der Waals surface area contributed by atoms with Gasteiger partial charge in [0.15, 0.2) is 17.3 Å². The Balaban J connectivity index is 2.35. The molecule has 0 amide bonds. The van der Waals surface area contributed by atoms with E-state index in [4.69, 9.17) is 15.2 Å². The molecule has 0 radical (unpaired) electrons. The lowest BCUT2D eigenvalue weighted by Gasteiger charge is -2.13. The van der Waals surface area contributed by atoms with Gasteiger partial charge < -0.3 is 15.2 Å². The van der Waals surface area contributed by atoms with Crippen LogP contribution in [0.3, 0.4) is 0 Å². The SMILES string of the molecule is CCCc1c(N)nnn1Cc1cc(OC)c(OC)cc1C. The molecule has 2 rings (SSSR count). The summed E-state index contributed by atoms with van der Waals surface area (Å²) in [6.45, 7) is 4.77. The van der Waals surface area contributed by atoms with Crippen molar-refractivity contribution in [3.8, 4) is 11.5 Å². The molecule has 6 heteroatoms. The Morgan fingerprint density at radius 3 is 2.48 bits per heavy atom. The zero-order valence-corrected chi connectivity index (χ0v) is 13.0. The second-order valence-electron chi connectivity index (χ2n) is 4.96. The molecule has 1 heterocycles. The minimum absolute atomic E-state index is 0.509. The van der Waals surface area contributed by atoms with Crippen LogP contribution in [-0.4, -0.2) is 29.2 Å². The lowest BCUT2D eigenvalue weighted by Crippen LogP contribution is -2.09. The molecule has 0 aliphatic carbocycles. The molecule has 21 heavy (non-hydrogen) atoms. The first-order valence-electron chi connectivity index (χ1n) is 7.00. The number of anilines is 1. The van der Waals surface area contributed by atoms with Gasteiger partial charge in [0.05, 0.1) is 26.5 Å². The van der Waals surface area contributed by atoms with Crippen molar-refractivity contribution < 1.29 is 9.47 Å². The Kier molecular flexibility index (Phi) is 4.67. The topological polar surface area (TPSA) is 75.2 Å². The van der Waals surface area contributed by atoms with E-state index in [-0.39, 0.29) is 0 Å². The van der Waals surface area contributed by atoms with Crippen LogP contribution < -0.4 is 15.2 Å². The summed E-state index contributed by atoms with van der Waals surface area (Å²) in [6, 6.07) is 3.94. The second kappa shape index (κ2) is 6.47. The molecule has 0 bridgehead atoms. The molecule has 2 N–H and O–H groups in total. The Bertz CT molecular complexity index is 622. The van der Waals surface area contributed by atoms with Crippen molar-refractivity contribution >= 4 is 5.82 Å². The minimum Gasteiger partial charge on any atom is -0.493 e. The van der Waals surface area contributed by atoms with Crippen LogP contribution in [0.5, 0.6) is 11.5 Å². The van der Waals surface area contributed by atoms with Crippen molar-refractivity contribution in [3.63, 3.8) is 0 Å². The summed E-state index contributed by atoms with van der Waals surface area (Å²) in [5, 5.41) is 8.11. The van der Waals surface area contributed by atoms with Crippen molar-refractivity contribution in [1.29, 1.82) is 0 Å². The normalized spacial score (nSPS) is 10.7. The molecule has 1 aromatic heterocycles. The van der Waals surface area contributed by atoms with Crippen molar-refractivity contribution in [2.24, 2.45) is 0 Å². The molecule has 0 spiro atoms. The summed E-state index contributed by atoms with van der Waals surface area (Å²) in [5.41, 5.74) is 9.08. The maximum absolute atomic E-state index is 5.88. The monoisotopic (exact) mass is 290 g/mol. The molecular formula is C15H22N4O2. The number of rotatable bonds is 6. The smallest absolute Gasteiger partial charge is 0.169 e. The summed E-state index contributed by atoms with van der Waals surface area (Å²) in [4.78, 5) is 0. The predicted octanol–water partition coefficient (Wildman–Crippen LogP) is 2.19. The fourth-order valence-electron chi connectivity index (χ4n) is 2.32. The second-order valence-corrected chi connectivity index (χ2v) is 4.96. The van der Waals surface area contributed by atoms with Gasteiger partial charge in [-0.3, -0.25) is 0 Å². The minimum atomic E-state index is 0.509. The van der Waals surface area contributed by atoms with Crippen LogP contribution in [0.2, 0.25) is 0 Å². The van der Waals surface area contributed by atoms with Gasteiger partial charge in [0.1, 0.15) is 0 Å². The zero-order valence-electron chi connectivity index (χ0n) is 13.0. The van der Waals surface area contributed by atoms with Crippen LogP contribution in [0.1, 0.15) is 30.2 Å². The van der Waals surface area contributed by atoms with E-state index in [9.17, 15) is 0 Å². The van der Waals surface area contributed by atoms with Gasteiger partial charge in [-0.25, -0.2) is 4.68 Å². The van der Waals surface area contributed by atoms with Crippen molar-refractivity contribution in [2.75, 3.05) is 20.0 Å². The molecule has 0 atom stereocenters. The van der Waals surface area contributed by atoms with E-state index in [1.54, 1.807) is 14.2 Å². The molecule has 0 aliphatic heterocycles. The predicted molar refractivity (Wildman–Crippen MR) is 81.8 cm³/mol. The fraction of sp³-hybridized carbons (Fsp3) is 0.467. The van der Waals surface area contributed by atoms with Gasteiger partial charge in [-0.1, -0.05) is 18.6 Å². The van der Waals surface area contributed by atoms with Crippen LogP contribution in [0.25, 0.3) is 0 Å². The van der Waals surface area contributed by atoms with E-state index in [1.807, 2.05) is 23.7 Å². The number of hydrogen-bond donors (Lipinski definition) is 1. The highest BCUT2D eigenvalue weighted by Gasteiger charge is 2.13. The number of ether oxygens (including phenoxy) is 2. The molecule has 0 unspecified atom stereocenters. The quantitative estimate of drug-likeness (QED) is 0.882. The van der Waals surface area contributed by atoms with Gasteiger partial charge in [-0.2, -0.15) is 0 Å². The van der Waals surface area contributed by atoms with Gasteiger partial charge in [-0.05, 0) is 36.6 Å². The van der Waals surface area contributed by atoms with Crippen LogP contribution in [0.15, 0.2) is 12.1 Å². The lowest BCUT2D eigenvalue weighted by molar-refractivity contribution is 0.354. The first kappa shape index (κ1) is 15.2. The molecule has 0 aliphatic rings. The molecule has 0 saturated heterocycles. The Labute approximate surface area is 124 Å². The first-order valence-corrected chi connectivity index (χ1v) is 7.00. The maximum atomic E-state index is 5.88. The number of nitrogen functional groups attached to an aromatic ring is 1. The third-order valence-corrected chi connectivity index (χ3v) is 3.52. The van der Waals surface area contributed by atoms with E-state index in [2.05, 4.69) is 17.2 Å². The lowest BCUT2D eigenvalue weighted by atomic mass is 10.1. The Morgan fingerprint density at radius 1 is 1.19 bits per heavy atom. The number of aromatic nitrogens is 3. The van der Waals surface area contributed by atoms with Crippen molar-refractivity contribution in [1.82, 2.24) is 15.0 Å². The molecule has 1 aromatic carbocycles. The number of methoxy groups -OCH3 is 2. The van der Waals surface area contributed by atoms with E-state index < -0.39 is 0 Å². The van der Waals surface area contributed by atoms with Gasteiger partial charge >= 0.3 is 0 Å². The number of benzene rings is 1. The van der Waals surface area contributed by atoms with E-state index >= 15 is 0 Å². The molecule has 114 valence electrons. The number of aryl methyl sites for hydroxylation is 1. The third-order valence-electron chi connectivity index (χ3n) is 3.52. The highest BCUT2D eigenvalue weighted by molar-refractivity contribution is 5.47. The molecule has 2 aromatic rings. The standard InChI is InChI=1S/C15H22N4O2/c1-5-6-12-15(16)17-18-19(12)9-11-8-14(21-4)13(20-3)7-10(11)2/h7-8H,5-6,9,16H2,1-4H3. The summed E-state index contributed by atoms with van der Waals surface area (Å²) in [5.74, 6) is 1.95. The van der Waals surface area contributed by atoms with Gasteiger partial charge in [0.2, 0.25) is 0 Å². The number of nitrogens with zero attached hydrogens (tertiary/aromatic N) is 3. The average molecular weight is 290 g/mol. The summed E-state index contributed by atoms with van der Waals surface area (Å²) < 4.78 is 12.5. The third kappa shape index (κ3) is 3.09. The zero-order chi connectivity index (χ0) is 15.4. The highest BCUT2D eigenvalue weighted by Crippen LogP contribution is 2.30. The van der Waals surface area contributed by atoms with Gasteiger partial charge in [0, 0.05) is 0 Å². The van der Waals surface area contributed by atoms with Crippen molar-refractivity contribution in [2.45, 2.75) is 33.2 Å². The molecule has 6 nitrogen and oxygen atoms in total. The summed E-state index contributed by atoms with van der Waals surface area (Å²) >= 11 is 0. The van der Waals surface area contributed by atoms with Crippen molar-refractivity contribution in [3.05, 3.63) is 29.0 Å². The highest BCUT2D eigenvalue weighted by atomic mass is 16.5. The maximum Gasteiger partial charge on any atom is 0.169 e. The van der Waals surface area contributed by atoms with E-state index in [1.165, 1.54) is 0 Å². The molecule has 0 fully saturated rings. The van der Waals surface area contributed by atoms with E-state index in [0.717, 1.165) is 35.4 Å². The van der Waals surface area contributed by atoms with Crippen LogP contribution in [0, 0.1) is 6.92 Å². The van der Waals surface area contributed by atoms with Crippen LogP contribution >= 0.6 is 0 Å². The van der Waals surface area contributed by atoms with E-state index in [0.29, 0.717) is 18.1 Å². The van der Waals surface area contributed by atoms with Crippen LogP contribution in [0.4, 0.5) is 5.82 Å². The average Bonchev–Trinajstić information content (AvgIpc) is 2.82. The number of hydrogen-bond acceptors (Lipinski definition) is 5. The molecule has 0 saturated carbocycles. The van der Waals surface area contributed by atoms with Crippen LogP contribution in [-0.2, 0) is 13.0 Å². The Morgan fingerprint density at radius 2 is 1.86 bits per heavy atom. The fourth-order valence-corrected chi connectivity index (χ4v) is 2.32. The summed E-state index contributed by atoms with van der Waals surface area (Å²) in [6.07, 6.45) is 1.87. The molecular weight excluding hydrogens is 268 g/mol. The van der Waals surface area contributed by atoms with Gasteiger partial charge in [-0.15, -0.1) is 5.10 Å². The largest absolute Gasteiger partial charge is 0.493 e. The Hall–Kier alpha value is -2.24. The number of nitrogens with two attached hydrogens (primary N) is 1.